The maximum Gasteiger partial charge on any atom is 0.603 e. The van der Waals surface area contributed by atoms with Crippen molar-refractivity contribution in [2.45, 2.75) is 51.4 Å². The van der Waals surface area contributed by atoms with Crippen molar-refractivity contribution >= 4 is 65.7 Å². The van der Waals surface area contributed by atoms with Crippen LogP contribution in [0.15, 0.2) is 129 Å². The molecule has 16 nitrogen and oxygen atoms in total. The van der Waals surface area contributed by atoms with Crippen molar-refractivity contribution in [2.24, 2.45) is 53.6 Å². The van der Waals surface area contributed by atoms with E-state index in [1.54, 1.807) is 24.8 Å². The van der Waals surface area contributed by atoms with E-state index in [1.807, 2.05) is 48.5 Å². The maximum atomic E-state index is 7.86. The Balaban J connectivity index is 1.17. The number of rotatable bonds is 12. The average Bonchev–Trinajstić information content (AvgIpc) is 4.07. The Hall–Kier alpha value is -6.82. The lowest BCUT2D eigenvalue weighted by Gasteiger charge is -2.37. The van der Waals surface area contributed by atoms with Gasteiger partial charge in [-0.1, -0.05) is 13.2 Å². The monoisotopic (exact) mass is 882 g/mol. The van der Waals surface area contributed by atoms with Gasteiger partial charge in [0.15, 0.2) is 34.6 Å². The predicted molar refractivity (Wildman–Crippen MR) is 247 cm³/mol. The summed E-state index contributed by atoms with van der Waals surface area (Å²) in [6.07, 6.45) is 18.1. The van der Waals surface area contributed by atoms with Gasteiger partial charge in [0.25, 0.3) is 0 Å². The van der Waals surface area contributed by atoms with Crippen LogP contribution >= 0.6 is 0 Å². The molecule has 0 N–H and O–H groups in total. The zero-order chi connectivity index (χ0) is 43.5. The minimum absolute atomic E-state index is 0.228. The Morgan fingerprint density at radius 2 is 0.969 bits per heavy atom. The summed E-state index contributed by atoms with van der Waals surface area (Å²) in [4.78, 5) is 51.9. The molecular formula is C48H46N12O4Si. The number of hydrogen-bond donors (Lipinski definition) is 0. The first-order chi connectivity index (χ1) is 32.1. The molecular weight excluding hydrogens is 837 g/mol. The summed E-state index contributed by atoms with van der Waals surface area (Å²) in [5.41, 5.74) is 4.97. The summed E-state index contributed by atoms with van der Waals surface area (Å²) >= 11 is 0. The van der Waals surface area contributed by atoms with E-state index in [4.69, 9.17) is 68.2 Å². The van der Waals surface area contributed by atoms with E-state index < -0.39 is 8.88 Å². The Kier molecular flexibility index (Phi) is 9.97. The minimum Gasteiger partial charge on any atom is -0.502 e. The molecule has 6 aliphatic rings. The second-order valence-corrected chi connectivity index (χ2v) is 20.0. The zero-order valence-electron chi connectivity index (χ0n) is 35.8. The molecule has 2 saturated carbocycles. The van der Waals surface area contributed by atoms with Crippen LogP contribution in [0, 0.1) is 23.7 Å². The van der Waals surface area contributed by atoms with Crippen molar-refractivity contribution in [2.75, 3.05) is 26.4 Å². The topological polar surface area (TPSA) is 172 Å². The molecule has 4 aliphatic heterocycles. The van der Waals surface area contributed by atoms with Crippen LogP contribution in [0.25, 0.3) is 21.8 Å². The quantitative estimate of drug-likeness (QED) is 0.0942. The first-order valence-electron chi connectivity index (χ1n) is 22.5. The van der Waals surface area contributed by atoms with Gasteiger partial charge in [0.05, 0.1) is 25.7 Å². The normalized spacial score (nSPS) is 23.8. The lowest BCUT2D eigenvalue weighted by atomic mass is 9.83. The third-order valence-corrected chi connectivity index (χ3v) is 16.6. The number of aliphatic imine (C=N–C) groups is 4. The largest absolute Gasteiger partial charge is 0.603 e. The van der Waals surface area contributed by atoms with E-state index in [2.05, 4.69) is 21.6 Å². The molecule has 6 aromatic rings. The van der Waals surface area contributed by atoms with Crippen molar-refractivity contribution in [1.29, 1.82) is 0 Å². The fourth-order valence-corrected chi connectivity index (χ4v) is 13.6. The Morgan fingerprint density at radius 1 is 0.492 bits per heavy atom. The number of ether oxygens (including phenoxy) is 2. The number of nitrogens with zero attached hydrogens (tertiary/aromatic N) is 12. The van der Waals surface area contributed by atoms with E-state index >= 15 is 0 Å². The van der Waals surface area contributed by atoms with Gasteiger partial charge in [-0.05, 0) is 124 Å². The first-order valence-corrected chi connectivity index (χ1v) is 24.2. The Morgan fingerprint density at radius 3 is 1.58 bits per heavy atom. The van der Waals surface area contributed by atoms with E-state index in [1.165, 1.54) is 12.5 Å². The molecule has 6 bridgehead atoms. The van der Waals surface area contributed by atoms with Crippen LogP contribution in [0.1, 0.15) is 73.9 Å². The number of pyridine rings is 4. The van der Waals surface area contributed by atoms with Gasteiger partial charge in [-0.3, -0.25) is 28.4 Å². The standard InChI is InChI=1S/C48H46N12O4Si/c1-3-61-25-29-13-17-31(18-14-29)27-63-65(64-28-32-19-15-30(16-20-32)26-62-4-2)59-46-35-11-7-23-51-39(35)47(59)55-41-33-9-5-21-49-37(33)43(53-41)57-45-36-12-8-24-52-40(36)48(60(45)65)56-42-34-10-6-22-50-38(34)44(54-42)58-46/h3-12,21-24,29-32H,1-2,13-20,25-28H2. The molecule has 0 amide bonds. The molecule has 0 saturated heterocycles. The molecule has 12 rings (SSSR count). The van der Waals surface area contributed by atoms with Gasteiger partial charge < -0.3 is 18.3 Å². The van der Waals surface area contributed by atoms with Crippen LogP contribution < -0.4 is 11.0 Å². The first kappa shape index (κ1) is 39.7. The third-order valence-electron chi connectivity index (χ3n) is 13.6. The van der Waals surface area contributed by atoms with E-state index in [0.29, 0.717) is 107 Å². The van der Waals surface area contributed by atoms with Gasteiger partial charge in [0.2, 0.25) is 0 Å². The molecule has 326 valence electrons. The average molecular weight is 883 g/mol. The van der Waals surface area contributed by atoms with Gasteiger partial charge in [0, 0.05) is 59.9 Å². The van der Waals surface area contributed by atoms with Gasteiger partial charge >= 0.3 is 8.88 Å². The van der Waals surface area contributed by atoms with Crippen LogP contribution in [-0.4, -0.2) is 87.1 Å². The summed E-state index contributed by atoms with van der Waals surface area (Å²) in [6, 6.07) is 15.6. The van der Waals surface area contributed by atoms with Crippen LogP contribution in [0.4, 0.5) is 11.6 Å². The summed E-state index contributed by atoms with van der Waals surface area (Å²) in [6.45, 7) is 9.66. The smallest absolute Gasteiger partial charge is 0.502 e. The molecule has 0 spiro atoms. The molecule has 10 heterocycles. The minimum atomic E-state index is -4.33. The van der Waals surface area contributed by atoms with Gasteiger partial charge in [-0.2, -0.15) is 0 Å². The van der Waals surface area contributed by atoms with Crippen LogP contribution in [-0.2, 0) is 18.3 Å². The Labute approximate surface area is 375 Å². The maximum absolute atomic E-state index is 7.86. The van der Waals surface area contributed by atoms with Crippen LogP contribution in [0.5, 0.6) is 0 Å². The SMILES string of the molecule is C=COCC1CCC(CO[Si]2(OCC3CCC(COC=C)CC3)n3c4c5cccnc5c3N=C3N=C(N=c5c6cccnc6c(n52)=NC2=NC(=N4)c4ncccc42)c2ncccc23)CC1. The summed E-state index contributed by atoms with van der Waals surface area (Å²) in [5, 5.41) is 1.49. The van der Waals surface area contributed by atoms with E-state index in [9.17, 15) is 0 Å². The van der Waals surface area contributed by atoms with Crippen molar-refractivity contribution < 1.29 is 18.3 Å². The predicted octanol–water partition coefficient (Wildman–Crippen LogP) is 6.92. The highest BCUT2D eigenvalue weighted by Gasteiger charge is 2.54. The number of amidine groups is 4. The molecule has 0 unspecified atom stereocenters. The molecule has 0 atom stereocenters. The molecule has 0 radical (unpaired) electrons. The van der Waals surface area contributed by atoms with Crippen molar-refractivity contribution in [3.05, 3.63) is 132 Å². The highest BCUT2D eigenvalue weighted by atomic mass is 28.4. The fraction of sp³-hybridized carbons (Fsp3) is 0.333. The highest BCUT2D eigenvalue weighted by molar-refractivity contribution is 6.66. The van der Waals surface area contributed by atoms with Crippen LogP contribution in [0.3, 0.4) is 0 Å². The Bertz CT molecular complexity index is 2970. The lowest BCUT2D eigenvalue weighted by Crippen LogP contribution is -2.64. The van der Waals surface area contributed by atoms with Crippen LogP contribution in [0.2, 0.25) is 0 Å². The molecule has 2 fully saturated rings. The zero-order valence-corrected chi connectivity index (χ0v) is 36.8. The van der Waals surface area contributed by atoms with Gasteiger partial charge in [-0.25, -0.2) is 30.0 Å². The molecule has 2 aliphatic carbocycles. The number of aromatic nitrogens is 6. The van der Waals surface area contributed by atoms with Crippen molar-refractivity contribution in [1.82, 2.24) is 28.4 Å². The molecule has 17 heteroatoms. The third kappa shape index (κ3) is 6.70. The highest BCUT2D eigenvalue weighted by Crippen LogP contribution is 2.43. The summed E-state index contributed by atoms with van der Waals surface area (Å²) in [7, 11) is -4.33. The summed E-state index contributed by atoms with van der Waals surface area (Å²) in [5.74, 6) is 4.11. The van der Waals surface area contributed by atoms with E-state index in [0.717, 1.165) is 73.3 Å². The number of fused-ring (bicyclic) bond motifs is 14. The second-order valence-electron chi connectivity index (χ2n) is 17.5. The molecule has 0 aromatic carbocycles. The van der Waals surface area contributed by atoms with Gasteiger partial charge in [0.1, 0.15) is 33.7 Å². The lowest BCUT2D eigenvalue weighted by molar-refractivity contribution is 0.0732. The molecule has 6 aromatic heterocycles. The van der Waals surface area contributed by atoms with E-state index in [-0.39, 0.29) is 11.8 Å². The fourth-order valence-electron chi connectivity index (χ4n) is 10.2. The van der Waals surface area contributed by atoms with Crippen molar-refractivity contribution in [3.8, 4) is 0 Å². The number of hydrogen-bond acceptors (Lipinski definition) is 14. The molecule has 65 heavy (non-hydrogen) atoms. The summed E-state index contributed by atoms with van der Waals surface area (Å²) < 4.78 is 31.2. The van der Waals surface area contributed by atoms with Gasteiger partial charge in [-0.15, -0.1) is 0 Å². The second kappa shape index (κ2) is 16.3. The van der Waals surface area contributed by atoms with Crippen molar-refractivity contribution in [3.63, 3.8) is 0 Å².